The summed E-state index contributed by atoms with van der Waals surface area (Å²) in [6, 6.07) is 11.9. The Morgan fingerprint density at radius 2 is 1.63 bits per heavy atom. The van der Waals surface area contributed by atoms with Crippen LogP contribution in [-0.4, -0.2) is 27.5 Å². The van der Waals surface area contributed by atoms with Gasteiger partial charge in [0, 0.05) is 36.8 Å². The van der Waals surface area contributed by atoms with Gasteiger partial charge in [0.25, 0.3) is 10.0 Å². The molecule has 0 spiro atoms. The maximum atomic E-state index is 12.8. The van der Waals surface area contributed by atoms with Gasteiger partial charge in [-0.2, -0.15) is 13.2 Å². The fourth-order valence-electron chi connectivity index (χ4n) is 2.70. The molecule has 0 aliphatic heterocycles. The van der Waals surface area contributed by atoms with Crippen LogP contribution in [0.2, 0.25) is 0 Å². The third-order valence-electron chi connectivity index (χ3n) is 3.96. The first-order valence-electron chi connectivity index (χ1n) is 7.85. The SMILES string of the molecule is CN(C)c1cccc2c(S(=O)(=O)Nc3ccc(C(F)(F)F)cn3)cccc12. The minimum atomic E-state index is -4.54. The molecule has 3 aromatic rings. The van der Waals surface area contributed by atoms with Crippen molar-refractivity contribution in [3.8, 4) is 0 Å². The summed E-state index contributed by atoms with van der Waals surface area (Å²) < 4.78 is 65.7. The standard InChI is InChI=1S/C18H16F3N3O2S/c1-24(2)15-7-3-6-14-13(15)5-4-8-16(14)27(25,26)23-17-10-9-12(11-22-17)18(19,20)21/h3-11H,1-2H3,(H,22,23). The van der Waals surface area contributed by atoms with E-state index in [1.165, 1.54) is 6.07 Å². The van der Waals surface area contributed by atoms with Gasteiger partial charge < -0.3 is 4.90 Å². The van der Waals surface area contributed by atoms with Gasteiger partial charge >= 0.3 is 6.18 Å². The lowest BCUT2D eigenvalue weighted by molar-refractivity contribution is -0.137. The summed E-state index contributed by atoms with van der Waals surface area (Å²) >= 11 is 0. The van der Waals surface area contributed by atoms with Gasteiger partial charge in [-0.25, -0.2) is 13.4 Å². The lowest BCUT2D eigenvalue weighted by Gasteiger charge is -2.17. The number of sulfonamides is 1. The Kier molecular flexibility index (Phi) is 4.73. The van der Waals surface area contributed by atoms with Crippen molar-refractivity contribution >= 4 is 32.3 Å². The number of benzene rings is 2. The topological polar surface area (TPSA) is 62.3 Å². The van der Waals surface area contributed by atoms with Crippen molar-refractivity contribution < 1.29 is 21.6 Å². The average Bonchev–Trinajstić information content (AvgIpc) is 2.59. The van der Waals surface area contributed by atoms with E-state index in [4.69, 9.17) is 0 Å². The molecule has 1 aromatic heterocycles. The lowest BCUT2D eigenvalue weighted by Crippen LogP contribution is -2.15. The highest BCUT2D eigenvalue weighted by Gasteiger charge is 2.31. The van der Waals surface area contributed by atoms with Gasteiger partial charge in [0.1, 0.15) is 5.82 Å². The Morgan fingerprint density at radius 1 is 0.963 bits per heavy atom. The highest BCUT2D eigenvalue weighted by atomic mass is 32.2. The monoisotopic (exact) mass is 395 g/mol. The molecule has 0 unspecified atom stereocenters. The second kappa shape index (κ2) is 6.73. The van der Waals surface area contributed by atoms with Crippen molar-refractivity contribution in [1.29, 1.82) is 0 Å². The average molecular weight is 395 g/mol. The summed E-state index contributed by atoms with van der Waals surface area (Å²) in [5.74, 6) is -0.191. The molecule has 0 bridgehead atoms. The maximum Gasteiger partial charge on any atom is 0.417 e. The van der Waals surface area contributed by atoms with Crippen LogP contribution in [0.15, 0.2) is 59.6 Å². The van der Waals surface area contributed by atoms with Crippen LogP contribution in [-0.2, 0) is 16.2 Å². The van der Waals surface area contributed by atoms with E-state index in [1.807, 2.05) is 25.1 Å². The van der Waals surface area contributed by atoms with Gasteiger partial charge in [0.15, 0.2) is 0 Å². The molecule has 0 saturated carbocycles. The molecule has 0 aliphatic rings. The summed E-state index contributed by atoms with van der Waals surface area (Å²) in [5.41, 5.74) is -0.108. The van der Waals surface area contributed by atoms with Crippen molar-refractivity contribution in [3.63, 3.8) is 0 Å². The Balaban J connectivity index is 2.02. The van der Waals surface area contributed by atoms with E-state index in [1.54, 1.807) is 24.3 Å². The second-order valence-electron chi connectivity index (χ2n) is 6.06. The van der Waals surface area contributed by atoms with E-state index in [9.17, 15) is 21.6 Å². The van der Waals surface area contributed by atoms with Crippen molar-refractivity contribution in [3.05, 3.63) is 60.3 Å². The molecule has 0 aliphatic carbocycles. The second-order valence-corrected chi connectivity index (χ2v) is 7.71. The molecule has 0 atom stereocenters. The first kappa shape index (κ1) is 19.0. The van der Waals surface area contributed by atoms with Gasteiger partial charge in [-0.15, -0.1) is 0 Å². The first-order valence-corrected chi connectivity index (χ1v) is 9.33. The van der Waals surface area contributed by atoms with Crippen LogP contribution in [0.3, 0.4) is 0 Å². The molecular formula is C18H16F3N3O2S. The molecule has 3 rings (SSSR count). The molecule has 1 heterocycles. The van der Waals surface area contributed by atoms with Crippen molar-refractivity contribution in [2.45, 2.75) is 11.1 Å². The van der Waals surface area contributed by atoms with E-state index in [0.29, 0.717) is 11.6 Å². The zero-order valence-electron chi connectivity index (χ0n) is 14.4. The van der Waals surface area contributed by atoms with Gasteiger partial charge in [0.2, 0.25) is 0 Å². The van der Waals surface area contributed by atoms with Gasteiger partial charge in [0.05, 0.1) is 10.5 Å². The quantitative estimate of drug-likeness (QED) is 0.722. The fraction of sp³-hybridized carbons (Fsp3) is 0.167. The van der Waals surface area contributed by atoms with Crippen molar-refractivity contribution in [1.82, 2.24) is 4.98 Å². The van der Waals surface area contributed by atoms with E-state index in [-0.39, 0.29) is 10.7 Å². The molecule has 0 amide bonds. The minimum absolute atomic E-state index is 0.0189. The smallest absolute Gasteiger partial charge is 0.377 e. The third-order valence-corrected chi connectivity index (χ3v) is 5.37. The van der Waals surface area contributed by atoms with E-state index >= 15 is 0 Å². The summed E-state index contributed by atoms with van der Waals surface area (Å²) in [7, 11) is -0.348. The van der Waals surface area contributed by atoms with Crippen LogP contribution in [0.5, 0.6) is 0 Å². The molecule has 2 aromatic carbocycles. The molecule has 0 saturated heterocycles. The predicted molar refractivity (Wildman–Crippen MR) is 98.3 cm³/mol. The number of nitrogens with zero attached hydrogens (tertiary/aromatic N) is 2. The molecular weight excluding hydrogens is 379 g/mol. The number of hydrogen-bond acceptors (Lipinski definition) is 4. The van der Waals surface area contributed by atoms with Crippen LogP contribution >= 0.6 is 0 Å². The number of anilines is 2. The molecule has 9 heteroatoms. The summed E-state index contributed by atoms with van der Waals surface area (Å²) in [5, 5.41) is 1.24. The molecule has 27 heavy (non-hydrogen) atoms. The van der Waals surface area contributed by atoms with Crippen molar-refractivity contribution in [2.24, 2.45) is 0 Å². The van der Waals surface area contributed by atoms with Crippen LogP contribution in [0.4, 0.5) is 24.7 Å². The molecule has 1 N–H and O–H groups in total. The first-order chi connectivity index (χ1) is 12.6. The Bertz CT molecular complexity index is 1080. The Hall–Kier alpha value is -2.81. The summed E-state index contributed by atoms with van der Waals surface area (Å²) in [6.07, 6.45) is -3.95. The van der Waals surface area contributed by atoms with E-state index in [2.05, 4.69) is 9.71 Å². The lowest BCUT2D eigenvalue weighted by atomic mass is 10.1. The zero-order valence-corrected chi connectivity index (χ0v) is 15.3. The number of halogens is 3. The number of nitrogens with one attached hydrogen (secondary N) is 1. The maximum absolute atomic E-state index is 12.8. The van der Waals surface area contributed by atoms with Gasteiger partial charge in [-0.1, -0.05) is 24.3 Å². The van der Waals surface area contributed by atoms with E-state index < -0.39 is 21.8 Å². The predicted octanol–water partition coefficient (Wildman–Crippen LogP) is 4.12. The summed E-state index contributed by atoms with van der Waals surface area (Å²) in [4.78, 5) is 5.45. The largest absolute Gasteiger partial charge is 0.417 e. The Labute approximate surface area is 154 Å². The number of fused-ring (bicyclic) bond motifs is 1. The fourth-order valence-corrected chi connectivity index (χ4v) is 3.93. The Morgan fingerprint density at radius 3 is 2.22 bits per heavy atom. The number of aromatic nitrogens is 1. The zero-order chi connectivity index (χ0) is 19.8. The van der Waals surface area contributed by atoms with Crippen LogP contribution in [0, 0.1) is 0 Å². The number of pyridine rings is 1. The van der Waals surface area contributed by atoms with Crippen LogP contribution in [0.1, 0.15) is 5.56 Å². The third kappa shape index (κ3) is 3.82. The number of rotatable bonds is 4. The van der Waals surface area contributed by atoms with E-state index in [0.717, 1.165) is 23.2 Å². The number of alkyl halides is 3. The number of hydrogen-bond donors (Lipinski definition) is 1. The highest BCUT2D eigenvalue weighted by Crippen LogP contribution is 2.32. The molecule has 142 valence electrons. The van der Waals surface area contributed by atoms with Crippen molar-refractivity contribution in [2.75, 3.05) is 23.7 Å². The van der Waals surface area contributed by atoms with Gasteiger partial charge in [-0.3, -0.25) is 4.72 Å². The molecule has 0 radical (unpaired) electrons. The summed E-state index contributed by atoms with van der Waals surface area (Å²) in [6.45, 7) is 0. The molecule has 5 nitrogen and oxygen atoms in total. The van der Waals surface area contributed by atoms with Crippen LogP contribution < -0.4 is 9.62 Å². The highest BCUT2D eigenvalue weighted by molar-refractivity contribution is 7.93. The van der Waals surface area contributed by atoms with Crippen LogP contribution in [0.25, 0.3) is 10.8 Å². The van der Waals surface area contributed by atoms with Gasteiger partial charge in [-0.05, 0) is 24.3 Å². The minimum Gasteiger partial charge on any atom is -0.377 e. The molecule has 0 fully saturated rings. The normalized spacial score (nSPS) is 12.2.